The van der Waals surface area contributed by atoms with Crippen LogP contribution in [0.15, 0.2) is 24.3 Å². The van der Waals surface area contributed by atoms with Crippen molar-refractivity contribution in [2.24, 2.45) is 0 Å². The number of nitrogens with two attached hydrogens (primary N) is 1. The lowest BCUT2D eigenvalue weighted by atomic mass is 10.1. The highest BCUT2D eigenvalue weighted by molar-refractivity contribution is 7.41. The van der Waals surface area contributed by atoms with Crippen LogP contribution in [0.25, 0.3) is 19.8 Å². The zero-order valence-electron chi connectivity index (χ0n) is 11.5. The molecular weight excluding hydrogens is 361 g/mol. The fourth-order valence-electron chi connectivity index (χ4n) is 2.14. The minimum atomic E-state index is -0.391. The molecule has 7 heteroatoms. The van der Waals surface area contributed by atoms with Gasteiger partial charge >= 0.3 is 5.97 Å². The number of esters is 1. The molecule has 2 heterocycles. The Labute approximate surface area is 145 Å². The molecule has 0 saturated carbocycles. The summed E-state index contributed by atoms with van der Waals surface area (Å²) in [6.45, 7) is 2.08. The van der Waals surface area contributed by atoms with Gasteiger partial charge < -0.3 is 10.5 Å². The average molecular weight is 372 g/mol. The monoisotopic (exact) mass is 371 g/mol. The lowest BCUT2D eigenvalue weighted by molar-refractivity contribution is 0.0530. The first-order valence-electron chi connectivity index (χ1n) is 6.45. The number of carbonyl (C=O) groups is 1. The summed E-state index contributed by atoms with van der Waals surface area (Å²) in [5, 5.41) is 2.45. The first-order valence-corrected chi connectivity index (χ1v) is 8.84. The van der Waals surface area contributed by atoms with Crippen LogP contribution in [0.3, 0.4) is 0 Å². The van der Waals surface area contributed by atoms with Gasteiger partial charge in [0.05, 0.1) is 15.6 Å². The van der Waals surface area contributed by atoms with Gasteiger partial charge in [0.1, 0.15) is 10.6 Å². The maximum atomic E-state index is 12.1. The molecule has 0 bridgehead atoms. The van der Waals surface area contributed by atoms with Crippen LogP contribution in [0.2, 0.25) is 10.0 Å². The molecule has 2 aromatic heterocycles. The van der Waals surface area contributed by atoms with Crippen molar-refractivity contribution in [1.29, 1.82) is 0 Å². The zero-order valence-corrected chi connectivity index (χ0v) is 14.6. The number of ether oxygens (including phenoxy) is 1. The highest BCUT2D eigenvalue weighted by Crippen LogP contribution is 2.44. The summed E-state index contributed by atoms with van der Waals surface area (Å²) in [4.78, 5) is 13.0. The van der Waals surface area contributed by atoms with Gasteiger partial charge in [-0.15, -0.1) is 22.7 Å². The summed E-state index contributed by atoms with van der Waals surface area (Å²) in [7, 11) is 0. The van der Waals surface area contributed by atoms with Crippen molar-refractivity contribution in [3.8, 4) is 10.4 Å². The molecule has 3 rings (SSSR count). The minimum Gasteiger partial charge on any atom is -0.462 e. The van der Waals surface area contributed by atoms with Crippen molar-refractivity contribution in [3.05, 3.63) is 39.9 Å². The van der Waals surface area contributed by atoms with Crippen LogP contribution < -0.4 is 5.73 Å². The number of halogens is 2. The number of hydrogen-bond acceptors (Lipinski definition) is 5. The quantitative estimate of drug-likeness (QED) is 0.601. The SMILES string of the molecule is CCOC(=O)c1c(N)sc2sc(-c3ccc(Cl)cc3Cl)cc12. The van der Waals surface area contributed by atoms with E-state index >= 15 is 0 Å². The van der Waals surface area contributed by atoms with Crippen molar-refractivity contribution < 1.29 is 9.53 Å². The van der Waals surface area contributed by atoms with Crippen LogP contribution in [-0.4, -0.2) is 12.6 Å². The lowest BCUT2D eigenvalue weighted by Crippen LogP contribution is -2.05. The molecule has 0 aliphatic carbocycles. The number of benzene rings is 1. The molecule has 2 N–H and O–H groups in total. The predicted octanol–water partition coefficient (Wildman–Crippen LogP) is 5.70. The minimum absolute atomic E-state index is 0.315. The standard InChI is InChI=1S/C15H11Cl2NO2S2/c1-2-20-14(19)12-9-6-11(21-15(9)22-13(12)18)8-4-3-7(16)5-10(8)17/h3-6H,2,18H2,1H3. The Kier molecular flexibility index (Phi) is 4.32. The van der Waals surface area contributed by atoms with Gasteiger partial charge in [0.2, 0.25) is 0 Å². The molecule has 0 atom stereocenters. The van der Waals surface area contributed by atoms with Gasteiger partial charge in [-0.3, -0.25) is 0 Å². The van der Waals surface area contributed by atoms with E-state index in [-0.39, 0.29) is 0 Å². The smallest absolute Gasteiger partial charge is 0.341 e. The Balaban J connectivity index is 2.13. The van der Waals surface area contributed by atoms with Crippen molar-refractivity contribution >= 4 is 66.2 Å². The predicted molar refractivity (Wildman–Crippen MR) is 95.5 cm³/mol. The van der Waals surface area contributed by atoms with E-state index in [0.717, 1.165) is 19.8 Å². The molecule has 0 radical (unpaired) electrons. The molecule has 114 valence electrons. The second kappa shape index (κ2) is 6.08. The number of rotatable bonds is 3. The van der Waals surface area contributed by atoms with Gasteiger partial charge in [-0.25, -0.2) is 4.79 Å². The van der Waals surface area contributed by atoms with E-state index in [0.29, 0.717) is 27.2 Å². The van der Waals surface area contributed by atoms with E-state index in [1.54, 1.807) is 30.4 Å². The van der Waals surface area contributed by atoms with Crippen molar-refractivity contribution in [2.45, 2.75) is 6.92 Å². The maximum absolute atomic E-state index is 12.1. The van der Waals surface area contributed by atoms with Crippen LogP contribution in [-0.2, 0) is 4.74 Å². The molecule has 0 aliphatic heterocycles. The van der Waals surface area contributed by atoms with Gasteiger partial charge in [-0.2, -0.15) is 0 Å². The topological polar surface area (TPSA) is 52.3 Å². The van der Waals surface area contributed by atoms with Crippen molar-refractivity contribution in [2.75, 3.05) is 12.3 Å². The maximum Gasteiger partial charge on any atom is 0.341 e. The molecule has 0 aliphatic rings. The second-order valence-electron chi connectivity index (χ2n) is 4.50. The molecule has 0 spiro atoms. The van der Waals surface area contributed by atoms with Gasteiger partial charge in [0.25, 0.3) is 0 Å². The molecule has 0 unspecified atom stereocenters. The fourth-order valence-corrected chi connectivity index (χ4v) is 5.12. The Morgan fingerprint density at radius 3 is 2.73 bits per heavy atom. The van der Waals surface area contributed by atoms with Gasteiger partial charge in [0, 0.05) is 20.8 Å². The Hall–Kier alpha value is -1.27. The third kappa shape index (κ3) is 2.70. The second-order valence-corrected chi connectivity index (χ2v) is 7.70. The fraction of sp³-hybridized carbons (Fsp3) is 0.133. The number of carbonyl (C=O) groups excluding carboxylic acids is 1. The molecule has 0 amide bonds. The first kappa shape index (κ1) is 15.6. The van der Waals surface area contributed by atoms with E-state index in [4.69, 9.17) is 33.7 Å². The normalized spacial score (nSPS) is 11.0. The van der Waals surface area contributed by atoms with E-state index in [2.05, 4.69) is 0 Å². The molecule has 3 aromatic rings. The molecule has 1 aromatic carbocycles. The summed E-state index contributed by atoms with van der Waals surface area (Å²) in [6.07, 6.45) is 0. The summed E-state index contributed by atoms with van der Waals surface area (Å²) < 4.78 is 6.05. The van der Waals surface area contributed by atoms with Gasteiger partial charge in [-0.1, -0.05) is 29.3 Å². The number of anilines is 1. The number of fused-ring (bicyclic) bond motifs is 1. The summed E-state index contributed by atoms with van der Waals surface area (Å²) in [6, 6.07) is 7.28. The van der Waals surface area contributed by atoms with Crippen molar-refractivity contribution in [1.82, 2.24) is 0 Å². The number of thiophene rings is 2. The van der Waals surface area contributed by atoms with E-state index < -0.39 is 5.97 Å². The summed E-state index contributed by atoms with van der Waals surface area (Å²) in [5.74, 6) is -0.391. The highest BCUT2D eigenvalue weighted by atomic mass is 35.5. The Morgan fingerprint density at radius 1 is 1.27 bits per heavy atom. The third-order valence-corrected chi connectivity index (χ3v) is 5.93. The first-order chi connectivity index (χ1) is 10.5. The lowest BCUT2D eigenvalue weighted by Gasteiger charge is -2.02. The molecular formula is C15H11Cl2NO2S2. The Bertz CT molecular complexity index is 870. The van der Waals surface area contributed by atoms with Crippen LogP contribution >= 0.6 is 45.9 Å². The highest BCUT2D eigenvalue weighted by Gasteiger charge is 2.21. The largest absolute Gasteiger partial charge is 0.462 e. The Morgan fingerprint density at radius 2 is 2.05 bits per heavy atom. The summed E-state index contributed by atoms with van der Waals surface area (Å²) >= 11 is 15.1. The van der Waals surface area contributed by atoms with Crippen LogP contribution in [0.4, 0.5) is 5.00 Å². The van der Waals surface area contributed by atoms with Crippen LogP contribution in [0, 0.1) is 0 Å². The number of hydrogen-bond donors (Lipinski definition) is 1. The number of nitrogen functional groups attached to an aromatic ring is 1. The van der Waals surface area contributed by atoms with Crippen LogP contribution in [0.1, 0.15) is 17.3 Å². The van der Waals surface area contributed by atoms with Gasteiger partial charge in [-0.05, 0) is 25.1 Å². The molecule has 3 nitrogen and oxygen atoms in total. The van der Waals surface area contributed by atoms with E-state index in [1.807, 2.05) is 12.1 Å². The zero-order chi connectivity index (χ0) is 15.9. The molecule has 0 saturated heterocycles. The average Bonchev–Trinajstić information content (AvgIpc) is 2.94. The van der Waals surface area contributed by atoms with E-state index in [9.17, 15) is 4.79 Å². The molecule has 0 fully saturated rings. The molecule has 22 heavy (non-hydrogen) atoms. The van der Waals surface area contributed by atoms with Crippen LogP contribution in [0.5, 0.6) is 0 Å². The summed E-state index contributed by atoms with van der Waals surface area (Å²) in [5.41, 5.74) is 7.27. The third-order valence-electron chi connectivity index (χ3n) is 3.09. The van der Waals surface area contributed by atoms with Gasteiger partial charge in [0.15, 0.2) is 0 Å². The van der Waals surface area contributed by atoms with E-state index in [1.165, 1.54) is 11.3 Å². The van der Waals surface area contributed by atoms with Crippen molar-refractivity contribution in [3.63, 3.8) is 0 Å².